The number of nitrogens with one attached hydrogen (secondary N) is 1. The summed E-state index contributed by atoms with van der Waals surface area (Å²) in [6.45, 7) is 2.77. The molecule has 0 aliphatic rings. The number of carboxylic acid groups (broad SMARTS) is 1. The number of hydrogen-bond donors (Lipinski definition) is 2. The van der Waals surface area contributed by atoms with Gasteiger partial charge in [0.15, 0.2) is 0 Å². The van der Waals surface area contributed by atoms with E-state index in [0.717, 1.165) is 29.4 Å². The van der Waals surface area contributed by atoms with Gasteiger partial charge in [0.05, 0.1) is 17.6 Å². The van der Waals surface area contributed by atoms with E-state index in [-0.39, 0.29) is 5.56 Å². The molecule has 0 amide bonds. The van der Waals surface area contributed by atoms with Gasteiger partial charge in [-0.1, -0.05) is 18.2 Å². The highest BCUT2D eigenvalue weighted by Crippen LogP contribution is 2.23. The molecule has 0 saturated carbocycles. The molecule has 6 nitrogen and oxygen atoms in total. The summed E-state index contributed by atoms with van der Waals surface area (Å²) in [5, 5.41) is 9.35. The number of aromatic nitrogens is 4. The molecule has 0 aliphatic heterocycles. The summed E-state index contributed by atoms with van der Waals surface area (Å²) in [6, 6.07) is 6.95. The van der Waals surface area contributed by atoms with Crippen molar-refractivity contribution in [2.45, 2.75) is 19.2 Å². The Morgan fingerprint density at radius 2 is 2.17 bits per heavy atom. The monoisotopic (exact) mass is 342 g/mol. The van der Waals surface area contributed by atoms with Gasteiger partial charge >= 0.3 is 5.97 Å². The molecule has 2 aromatic heterocycles. The van der Waals surface area contributed by atoms with Crippen LogP contribution in [-0.2, 0) is 12.3 Å². The number of nitrogens with zero attached hydrogens (tertiary/aromatic N) is 3. The van der Waals surface area contributed by atoms with Crippen LogP contribution in [0.5, 0.6) is 0 Å². The number of aromatic carboxylic acids is 1. The zero-order valence-corrected chi connectivity index (χ0v) is 14.1. The highest BCUT2D eigenvalue weighted by molar-refractivity contribution is 7.98. The third-order valence-electron chi connectivity index (χ3n) is 3.76. The van der Waals surface area contributed by atoms with Gasteiger partial charge in [-0.2, -0.15) is 11.8 Å². The minimum absolute atomic E-state index is 0.268. The van der Waals surface area contributed by atoms with E-state index >= 15 is 0 Å². The predicted octanol–water partition coefficient (Wildman–Crippen LogP) is 3.21. The first-order valence-corrected chi connectivity index (χ1v) is 8.72. The molecule has 2 heterocycles. The maximum atomic E-state index is 11.4. The molecule has 2 N–H and O–H groups in total. The fourth-order valence-corrected chi connectivity index (χ4v) is 3.42. The molecule has 0 aliphatic carbocycles. The van der Waals surface area contributed by atoms with E-state index in [9.17, 15) is 9.90 Å². The first-order valence-electron chi connectivity index (χ1n) is 7.57. The minimum atomic E-state index is -0.941. The first-order chi connectivity index (χ1) is 11.7. The lowest BCUT2D eigenvalue weighted by molar-refractivity contribution is 0.0697. The lowest BCUT2D eigenvalue weighted by atomic mass is 10.1. The summed E-state index contributed by atoms with van der Waals surface area (Å²) in [7, 11) is 0. The molecule has 0 fully saturated rings. The summed E-state index contributed by atoms with van der Waals surface area (Å²) in [6.07, 6.45) is 5.30. The van der Waals surface area contributed by atoms with Crippen LogP contribution in [0.2, 0.25) is 0 Å². The standard InChI is InChI=1S/C17H18N4O2S/c1-12-15(20-11-19-12)10-24-9-8-21-7-6-18-16(21)13-4-2-3-5-14(13)17(22)23/h2-7,11H,8-10H2,1H3,(H,19,20)(H,22,23). The second kappa shape index (κ2) is 7.35. The Labute approximate surface area is 144 Å². The molecule has 3 aromatic rings. The fourth-order valence-electron chi connectivity index (χ4n) is 2.46. The van der Waals surface area contributed by atoms with Crippen LogP contribution in [0.25, 0.3) is 11.4 Å². The van der Waals surface area contributed by atoms with Gasteiger partial charge in [-0.3, -0.25) is 0 Å². The van der Waals surface area contributed by atoms with Gasteiger partial charge < -0.3 is 14.7 Å². The molecule has 7 heteroatoms. The molecular formula is C17H18N4O2S. The molecule has 0 saturated heterocycles. The lowest BCUT2D eigenvalue weighted by Crippen LogP contribution is -2.06. The van der Waals surface area contributed by atoms with E-state index in [1.54, 1.807) is 42.5 Å². The average molecular weight is 342 g/mol. The Morgan fingerprint density at radius 1 is 1.33 bits per heavy atom. The van der Waals surface area contributed by atoms with Crippen molar-refractivity contribution in [3.63, 3.8) is 0 Å². The summed E-state index contributed by atoms with van der Waals surface area (Å²) in [5.74, 6) is 1.49. The van der Waals surface area contributed by atoms with Crippen molar-refractivity contribution in [1.29, 1.82) is 0 Å². The number of carbonyl (C=O) groups is 1. The maximum absolute atomic E-state index is 11.4. The van der Waals surface area contributed by atoms with E-state index in [0.29, 0.717) is 11.4 Å². The van der Waals surface area contributed by atoms with Crippen LogP contribution in [0, 0.1) is 6.92 Å². The van der Waals surface area contributed by atoms with Crippen LogP contribution in [0.15, 0.2) is 43.0 Å². The lowest BCUT2D eigenvalue weighted by Gasteiger charge is -2.10. The average Bonchev–Trinajstić information content (AvgIpc) is 3.20. The van der Waals surface area contributed by atoms with Gasteiger partial charge in [0.25, 0.3) is 0 Å². The highest BCUT2D eigenvalue weighted by Gasteiger charge is 2.14. The van der Waals surface area contributed by atoms with Crippen molar-refractivity contribution in [2.75, 3.05) is 5.75 Å². The number of rotatable bonds is 7. The zero-order valence-electron chi connectivity index (χ0n) is 13.3. The molecule has 0 spiro atoms. The van der Waals surface area contributed by atoms with Crippen LogP contribution in [0.3, 0.4) is 0 Å². The molecule has 124 valence electrons. The van der Waals surface area contributed by atoms with Gasteiger partial charge in [-0.25, -0.2) is 14.8 Å². The Kier molecular flexibility index (Phi) is 5.00. The Balaban J connectivity index is 1.68. The number of imidazole rings is 2. The summed E-state index contributed by atoms with van der Waals surface area (Å²) in [4.78, 5) is 23.1. The largest absolute Gasteiger partial charge is 0.478 e. The Bertz CT molecular complexity index is 840. The molecular weight excluding hydrogens is 324 g/mol. The number of aromatic amines is 1. The number of hydrogen-bond acceptors (Lipinski definition) is 4. The zero-order chi connectivity index (χ0) is 16.9. The Hall–Kier alpha value is -2.54. The van der Waals surface area contributed by atoms with Crippen molar-refractivity contribution in [2.24, 2.45) is 0 Å². The molecule has 1 aromatic carbocycles. The number of thioether (sulfide) groups is 1. The van der Waals surface area contributed by atoms with E-state index in [2.05, 4.69) is 15.0 Å². The second-order valence-electron chi connectivity index (χ2n) is 5.32. The van der Waals surface area contributed by atoms with E-state index in [1.165, 1.54) is 0 Å². The molecule has 24 heavy (non-hydrogen) atoms. The SMILES string of the molecule is Cc1[nH]cnc1CSCCn1ccnc1-c1ccccc1C(=O)O. The van der Waals surface area contributed by atoms with Crippen LogP contribution >= 0.6 is 11.8 Å². The van der Waals surface area contributed by atoms with Crippen LogP contribution in [0.4, 0.5) is 0 Å². The topological polar surface area (TPSA) is 83.8 Å². The number of H-pyrrole nitrogens is 1. The van der Waals surface area contributed by atoms with Crippen LogP contribution in [0.1, 0.15) is 21.7 Å². The molecule has 0 bridgehead atoms. The maximum Gasteiger partial charge on any atom is 0.336 e. The van der Waals surface area contributed by atoms with Gasteiger partial charge in [0.2, 0.25) is 0 Å². The second-order valence-corrected chi connectivity index (χ2v) is 6.43. The number of aryl methyl sites for hydroxylation is 2. The van der Waals surface area contributed by atoms with Crippen LogP contribution < -0.4 is 0 Å². The van der Waals surface area contributed by atoms with E-state index in [4.69, 9.17) is 0 Å². The predicted molar refractivity (Wildman–Crippen MR) is 94.1 cm³/mol. The van der Waals surface area contributed by atoms with Crippen molar-refractivity contribution in [3.05, 3.63) is 59.9 Å². The van der Waals surface area contributed by atoms with Crippen molar-refractivity contribution in [3.8, 4) is 11.4 Å². The molecule has 0 unspecified atom stereocenters. The van der Waals surface area contributed by atoms with E-state index in [1.807, 2.05) is 23.8 Å². The van der Waals surface area contributed by atoms with Gasteiger partial charge in [-0.05, 0) is 13.0 Å². The summed E-state index contributed by atoms with van der Waals surface area (Å²) < 4.78 is 1.99. The fraction of sp³-hybridized carbons (Fsp3) is 0.235. The van der Waals surface area contributed by atoms with Crippen molar-refractivity contribution < 1.29 is 9.90 Å². The van der Waals surface area contributed by atoms with E-state index < -0.39 is 5.97 Å². The number of benzene rings is 1. The highest BCUT2D eigenvalue weighted by atomic mass is 32.2. The first kappa shape index (κ1) is 16.3. The van der Waals surface area contributed by atoms with Gasteiger partial charge in [0.1, 0.15) is 5.82 Å². The van der Waals surface area contributed by atoms with Crippen molar-refractivity contribution >= 4 is 17.7 Å². The van der Waals surface area contributed by atoms with Gasteiger partial charge in [0, 0.05) is 41.7 Å². The smallest absolute Gasteiger partial charge is 0.336 e. The summed E-state index contributed by atoms with van der Waals surface area (Å²) >= 11 is 1.79. The molecule has 0 atom stereocenters. The molecule has 3 rings (SSSR count). The normalized spacial score (nSPS) is 10.9. The third kappa shape index (κ3) is 3.51. The Morgan fingerprint density at radius 3 is 2.92 bits per heavy atom. The summed E-state index contributed by atoms with van der Waals surface area (Å²) in [5.41, 5.74) is 3.08. The van der Waals surface area contributed by atoms with Gasteiger partial charge in [-0.15, -0.1) is 0 Å². The quantitative estimate of drug-likeness (QED) is 0.644. The van der Waals surface area contributed by atoms with Crippen LogP contribution in [-0.4, -0.2) is 36.3 Å². The third-order valence-corrected chi connectivity index (χ3v) is 4.71. The minimum Gasteiger partial charge on any atom is -0.478 e. The van der Waals surface area contributed by atoms with Crippen molar-refractivity contribution in [1.82, 2.24) is 19.5 Å². The number of carboxylic acids is 1. The molecule has 0 radical (unpaired) electrons.